The van der Waals surface area contributed by atoms with E-state index < -0.39 is 0 Å². The number of methoxy groups -OCH3 is 2. The van der Waals surface area contributed by atoms with Crippen LogP contribution in [0.5, 0.6) is 11.5 Å². The molecule has 0 radical (unpaired) electrons. The molecular formula is C26H22ClN3O2. The number of rotatable bonds is 4. The van der Waals surface area contributed by atoms with Crippen molar-refractivity contribution in [1.29, 1.82) is 0 Å². The second-order valence-electron chi connectivity index (χ2n) is 7.80. The van der Waals surface area contributed by atoms with Crippen molar-refractivity contribution in [2.24, 2.45) is 0 Å². The fourth-order valence-electron chi connectivity index (χ4n) is 3.94. The predicted octanol–water partition coefficient (Wildman–Crippen LogP) is 6.53. The first-order valence-corrected chi connectivity index (χ1v) is 10.6. The molecule has 0 aliphatic rings. The normalized spacial score (nSPS) is 11.3. The summed E-state index contributed by atoms with van der Waals surface area (Å²) >= 11 is 6.47. The van der Waals surface area contributed by atoms with Crippen LogP contribution < -0.4 is 9.47 Å². The molecule has 0 saturated heterocycles. The highest BCUT2D eigenvalue weighted by molar-refractivity contribution is 6.31. The van der Waals surface area contributed by atoms with Gasteiger partial charge in [0, 0.05) is 33.6 Å². The van der Waals surface area contributed by atoms with Gasteiger partial charge < -0.3 is 9.47 Å². The summed E-state index contributed by atoms with van der Waals surface area (Å²) in [5.74, 6) is 1.27. The molecule has 6 heteroatoms. The van der Waals surface area contributed by atoms with Crippen molar-refractivity contribution in [2.45, 2.75) is 13.8 Å². The number of ether oxygens (including phenoxy) is 2. The molecule has 5 rings (SSSR count). The molecule has 32 heavy (non-hydrogen) atoms. The van der Waals surface area contributed by atoms with Crippen molar-refractivity contribution in [3.8, 4) is 28.4 Å². The Balaban J connectivity index is 1.90. The van der Waals surface area contributed by atoms with Gasteiger partial charge >= 0.3 is 0 Å². The first-order chi connectivity index (χ1) is 15.5. The molecule has 0 aliphatic carbocycles. The lowest BCUT2D eigenvalue weighted by Gasteiger charge is -2.11. The topological polar surface area (TPSA) is 49.2 Å². The van der Waals surface area contributed by atoms with Gasteiger partial charge in [-0.15, -0.1) is 0 Å². The minimum atomic E-state index is 0.634. The number of hydrogen-bond acceptors (Lipinski definition) is 4. The number of halogens is 1. The number of pyridine rings is 1. The van der Waals surface area contributed by atoms with E-state index in [2.05, 4.69) is 31.2 Å². The highest BCUT2D eigenvalue weighted by Gasteiger charge is 2.19. The maximum atomic E-state index is 6.47. The molecule has 0 unspecified atom stereocenters. The summed E-state index contributed by atoms with van der Waals surface area (Å²) in [5.41, 5.74) is 6.72. The smallest absolute Gasteiger partial charge is 0.162 e. The summed E-state index contributed by atoms with van der Waals surface area (Å²) in [6.45, 7) is 4.06. The molecule has 2 aromatic heterocycles. The zero-order valence-corrected chi connectivity index (χ0v) is 19.1. The van der Waals surface area contributed by atoms with E-state index in [0.717, 1.165) is 44.3 Å². The second-order valence-corrected chi connectivity index (χ2v) is 8.21. The van der Waals surface area contributed by atoms with Crippen LogP contribution in [0.1, 0.15) is 11.1 Å². The summed E-state index contributed by atoms with van der Waals surface area (Å²) in [4.78, 5) is 4.72. The van der Waals surface area contributed by atoms with Crippen molar-refractivity contribution >= 4 is 33.4 Å². The Bertz CT molecular complexity index is 1470. The van der Waals surface area contributed by atoms with Gasteiger partial charge in [0.25, 0.3) is 0 Å². The van der Waals surface area contributed by atoms with Crippen LogP contribution in [-0.2, 0) is 0 Å². The van der Waals surface area contributed by atoms with Crippen molar-refractivity contribution in [1.82, 2.24) is 14.8 Å². The molecule has 0 atom stereocenters. The first kappa shape index (κ1) is 20.3. The van der Waals surface area contributed by atoms with Crippen molar-refractivity contribution < 1.29 is 9.47 Å². The van der Waals surface area contributed by atoms with E-state index >= 15 is 0 Å². The van der Waals surface area contributed by atoms with Crippen LogP contribution in [0.15, 0.2) is 60.8 Å². The monoisotopic (exact) mass is 443 g/mol. The lowest BCUT2D eigenvalue weighted by atomic mass is 10.1. The van der Waals surface area contributed by atoms with Crippen LogP contribution in [0.2, 0.25) is 5.02 Å². The highest BCUT2D eigenvalue weighted by Crippen LogP contribution is 2.38. The first-order valence-electron chi connectivity index (χ1n) is 10.3. The largest absolute Gasteiger partial charge is 0.493 e. The lowest BCUT2D eigenvalue weighted by Crippen LogP contribution is -1.98. The summed E-state index contributed by atoms with van der Waals surface area (Å²) in [6, 6.07) is 18.2. The maximum absolute atomic E-state index is 6.47. The average molecular weight is 444 g/mol. The van der Waals surface area contributed by atoms with Crippen molar-refractivity contribution in [3.05, 3.63) is 76.9 Å². The summed E-state index contributed by atoms with van der Waals surface area (Å²) in [7, 11) is 3.25. The molecule has 3 aromatic carbocycles. The molecule has 0 bridgehead atoms. The zero-order chi connectivity index (χ0) is 22.4. The van der Waals surface area contributed by atoms with Crippen LogP contribution in [0.3, 0.4) is 0 Å². The quantitative estimate of drug-likeness (QED) is 0.317. The Morgan fingerprint density at radius 1 is 0.844 bits per heavy atom. The Hall–Kier alpha value is -3.57. The number of aromatic nitrogens is 3. The Kier molecular flexibility index (Phi) is 4.98. The van der Waals surface area contributed by atoms with E-state index in [9.17, 15) is 0 Å². The molecule has 5 aromatic rings. The van der Waals surface area contributed by atoms with Crippen LogP contribution in [-0.4, -0.2) is 29.0 Å². The van der Waals surface area contributed by atoms with Crippen molar-refractivity contribution in [2.75, 3.05) is 14.2 Å². The van der Waals surface area contributed by atoms with Gasteiger partial charge in [0.15, 0.2) is 11.5 Å². The third-order valence-electron chi connectivity index (χ3n) is 5.74. The molecule has 0 saturated carbocycles. The second kappa shape index (κ2) is 7.84. The molecular weight excluding hydrogens is 422 g/mol. The summed E-state index contributed by atoms with van der Waals surface area (Å²) in [5, 5.41) is 7.59. The lowest BCUT2D eigenvalue weighted by molar-refractivity contribution is 0.356. The standard InChI is InChI=1S/C26H22ClN3O2/c1-15-5-8-17(9-6-15)25-20-14-28-22-13-24(32-4)23(31-3)12-19(22)26(20)30(29-25)18-10-7-16(2)21(27)11-18/h5-14H,1-4H3. The van der Waals surface area contributed by atoms with Crippen molar-refractivity contribution in [3.63, 3.8) is 0 Å². The van der Waals surface area contributed by atoms with Gasteiger partial charge in [0.05, 0.1) is 30.9 Å². The van der Waals surface area contributed by atoms with Gasteiger partial charge in [0.2, 0.25) is 0 Å². The van der Waals surface area contributed by atoms with Crippen LogP contribution in [0.25, 0.3) is 38.8 Å². The molecule has 0 N–H and O–H groups in total. The van der Waals surface area contributed by atoms with E-state index in [1.807, 2.05) is 48.1 Å². The minimum absolute atomic E-state index is 0.634. The van der Waals surface area contributed by atoms with E-state index in [1.54, 1.807) is 14.2 Å². The molecule has 0 spiro atoms. The van der Waals surface area contributed by atoms with Crippen LogP contribution in [0, 0.1) is 13.8 Å². The van der Waals surface area contributed by atoms with Gasteiger partial charge in [-0.3, -0.25) is 4.98 Å². The molecule has 5 nitrogen and oxygen atoms in total. The summed E-state index contributed by atoms with van der Waals surface area (Å²) in [6.07, 6.45) is 1.87. The van der Waals surface area contributed by atoms with E-state index in [1.165, 1.54) is 5.56 Å². The van der Waals surface area contributed by atoms with Gasteiger partial charge in [-0.2, -0.15) is 5.10 Å². The predicted molar refractivity (Wildman–Crippen MR) is 129 cm³/mol. The van der Waals surface area contributed by atoms with Crippen LogP contribution in [0.4, 0.5) is 0 Å². The molecule has 160 valence electrons. The molecule has 0 amide bonds. The number of aryl methyl sites for hydroxylation is 2. The maximum Gasteiger partial charge on any atom is 0.162 e. The Morgan fingerprint density at radius 3 is 2.25 bits per heavy atom. The number of fused-ring (bicyclic) bond motifs is 3. The Labute approximate surface area is 191 Å². The SMILES string of the molecule is COc1cc2ncc3c(-c4ccc(C)cc4)nn(-c4ccc(C)c(Cl)c4)c3c2cc1OC. The van der Waals surface area contributed by atoms with Gasteiger partial charge in [-0.05, 0) is 37.6 Å². The number of nitrogens with zero attached hydrogens (tertiary/aromatic N) is 3. The van der Waals surface area contributed by atoms with E-state index in [-0.39, 0.29) is 0 Å². The number of hydrogen-bond donors (Lipinski definition) is 0. The third kappa shape index (κ3) is 3.26. The molecule has 0 fully saturated rings. The Morgan fingerprint density at radius 2 is 1.56 bits per heavy atom. The minimum Gasteiger partial charge on any atom is -0.493 e. The summed E-state index contributed by atoms with van der Waals surface area (Å²) < 4.78 is 13.0. The fraction of sp³-hybridized carbons (Fsp3) is 0.154. The van der Waals surface area contributed by atoms with Crippen LogP contribution >= 0.6 is 11.6 Å². The molecule has 0 aliphatic heterocycles. The number of benzene rings is 3. The average Bonchev–Trinajstić information content (AvgIpc) is 3.20. The van der Waals surface area contributed by atoms with Gasteiger partial charge in [-0.1, -0.05) is 47.5 Å². The van der Waals surface area contributed by atoms with Gasteiger partial charge in [0.1, 0.15) is 5.69 Å². The zero-order valence-electron chi connectivity index (χ0n) is 18.3. The fourth-order valence-corrected chi connectivity index (χ4v) is 4.11. The van der Waals surface area contributed by atoms with Gasteiger partial charge in [-0.25, -0.2) is 4.68 Å². The highest BCUT2D eigenvalue weighted by atomic mass is 35.5. The third-order valence-corrected chi connectivity index (χ3v) is 6.14. The van der Waals surface area contributed by atoms with E-state index in [4.69, 9.17) is 31.2 Å². The molecule has 2 heterocycles. The van der Waals surface area contributed by atoms with E-state index in [0.29, 0.717) is 16.5 Å².